The Hall–Kier alpha value is -5.06. The van der Waals surface area contributed by atoms with Gasteiger partial charge < -0.3 is 35.0 Å². The van der Waals surface area contributed by atoms with Crippen LogP contribution in [-0.2, 0) is 16.8 Å². The fourth-order valence-corrected chi connectivity index (χ4v) is 5.05. The number of aromatic hydroxyl groups is 2. The molecule has 182 valence electrons. The largest absolute Gasteiger partial charge is 0.508 e. The fourth-order valence-electron chi connectivity index (χ4n) is 5.05. The molecule has 5 N–H and O–H groups in total. The molecule has 2 heterocycles. The number of esters is 1. The zero-order chi connectivity index (χ0) is 26.1. The zero-order valence-corrected chi connectivity index (χ0v) is 18.4. The van der Waals surface area contributed by atoms with Gasteiger partial charge in [-0.1, -0.05) is 6.92 Å². The van der Waals surface area contributed by atoms with Crippen LogP contribution in [0.15, 0.2) is 36.4 Å². The summed E-state index contributed by atoms with van der Waals surface area (Å²) in [5.41, 5.74) is -5.83. The van der Waals surface area contributed by atoms with Gasteiger partial charge in [0, 0.05) is 28.8 Å². The van der Waals surface area contributed by atoms with Crippen molar-refractivity contribution in [2.75, 3.05) is 0 Å². The van der Waals surface area contributed by atoms with Crippen LogP contribution in [0.3, 0.4) is 0 Å². The molecular weight excluding hydrogens is 476 g/mol. The van der Waals surface area contributed by atoms with Crippen molar-refractivity contribution in [3.8, 4) is 23.0 Å². The standard InChI is InChI=1S/C25H16O11/c1-2-11-16(21(28)29)18(23(32)33)20-19(17(11)22(30)31)24(34)36-25(20)12-5-3-9(26)7-14(12)35-15-8-10(27)4-6-13(15)25/h3-8,26-27H,2H2,1H3,(H,28,29)(H,30,31)(H,32,33). The number of hydrogen-bond donors (Lipinski definition) is 5. The summed E-state index contributed by atoms with van der Waals surface area (Å²) in [5, 5.41) is 50.3. The highest BCUT2D eigenvalue weighted by molar-refractivity contribution is 6.15. The van der Waals surface area contributed by atoms with E-state index in [9.17, 15) is 44.7 Å². The molecule has 0 atom stereocenters. The van der Waals surface area contributed by atoms with Crippen molar-refractivity contribution in [2.45, 2.75) is 18.9 Å². The molecule has 2 aliphatic rings. The summed E-state index contributed by atoms with van der Waals surface area (Å²) in [7, 11) is 0. The van der Waals surface area contributed by atoms with E-state index < -0.39 is 57.3 Å². The number of carboxylic acid groups (broad SMARTS) is 3. The van der Waals surface area contributed by atoms with Gasteiger partial charge in [0.2, 0.25) is 0 Å². The van der Waals surface area contributed by atoms with Crippen LogP contribution in [0.25, 0.3) is 0 Å². The van der Waals surface area contributed by atoms with Gasteiger partial charge in [-0.05, 0) is 36.2 Å². The lowest BCUT2D eigenvalue weighted by Gasteiger charge is -2.37. The van der Waals surface area contributed by atoms with Gasteiger partial charge in [0.15, 0.2) is 5.60 Å². The second kappa shape index (κ2) is 7.47. The molecule has 0 radical (unpaired) electrons. The molecule has 0 bridgehead atoms. The van der Waals surface area contributed by atoms with E-state index in [2.05, 4.69) is 0 Å². The molecule has 0 fully saturated rings. The minimum absolute atomic E-state index is 0.0185. The van der Waals surface area contributed by atoms with Gasteiger partial charge in [-0.2, -0.15) is 0 Å². The fraction of sp³-hybridized carbons (Fsp3) is 0.120. The molecule has 0 amide bonds. The number of rotatable bonds is 4. The van der Waals surface area contributed by atoms with Gasteiger partial charge in [0.1, 0.15) is 23.0 Å². The molecule has 1 spiro atoms. The summed E-state index contributed by atoms with van der Waals surface area (Å²) >= 11 is 0. The zero-order valence-electron chi connectivity index (χ0n) is 18.4. The highest BCUT2D eigenvalue weighted by Crippen LogP contribution is 2.59. The van der Waals surface area contributed by atoms with Gasteiger partial charge in [0.05, 0.1) is 22.3 Å². The Morgan fingerprint density at radius 1 is 0.806 bits per heavy atom. The van der Waals surface area contributed by atoms with E-state index in [0.717, 1.165) is 12.1 Å². The van der Waals surface area contributed by atoms with Gasteiger partial charge in [-0.15, -0.1) is 0 Å². The third kappa shape index (κ3) is 2.79. The molecule has 5 rings (SSSR count). The summed E-state index contributed by atoms with van der Waals surface area (Å²) < 4.78 is 11.6. The van der Waals surface area contributed by atoms with Gasteiger partial charge in [-0.3, -0.25) is 0 Å². The smallest absolute Gasteiger partial charge is 0.341 e. The Labute approximate surface area is 201 Å². The predicted molar refractivity (Wildman–Crippen MR) is 118 cm³/mol. The number of fused-ring (bicyclic) bond motifs is 6. The number of hydrogen-bond acceptors (Lipinski definition) is 8. The first-order valence-corrected chi connectivity index (χ1v) is 10.5. The monoisotopic (exact) mass is 492 g/mol. The maximum absolute atomic E-state index is 13.4. The van der Waals surface area contributed by atoms with Crippen LogP contribution in [0, 0.1) is 0 Å². The third-order valence-corrected chi connectivity index (χ3v) is 6.31. The molecule has 0 aliphatic carbocycles. The first-order valence-electron chi connectivity index (χ1n) is 10.5. The highest BCUT2D eigenvalue weighted by atomic mass is 16.6. The van der Waals surface area contributed by atoms with Gasteiger partial charge >= 0.3 is 23.9 Å². The summed E-state index contributed by atoms with van der Waals surface area (Å²) in [6.45, 7) is 1.44. The maximum atomic E-state index is 13.4. The Kier molecular flexibility index (Phi) is 4.71. The van der Waals surface area contributed by atoms with Gasteiger partial charge in [0.25, 0.3) is 0 Å². The van der Waals surface area contributed by atoms with Crippen LogP contribution in [0.5, 0.6) is 23.0 Å². The lowest BCUT2D eigenvalue weighted by atomic mass is 9.72. The number of phenols is 2. The lowest BCUT2D eigenvalue weighted by Crippen LogP contribution is -2.35. The molecule has 36 heavy (non-hydrogen) atoms. The SMILES string of the molecule is CCc1c(C(=O)O)c(C(=O)O)c2c(c1C(=O)O)C(=O)OC21c2ccc(O)cc2Oc2cc(O)ccc21. The quantitative estimate of drug-likeness (QED) is 0.336. The van der Waals surface area contributed by atoms with Crippen LogP contribution in [0.4, 0.5) is 0 Å². The number of carboxylic acids is 3. The Balaban J connectivity index is 2.08. The normalized spacial score (nSPS) is 14.3. The number of phenolic OH excluding ortho intramolecular Hbond substituents is 2. The molecule has 0 aromatic heterocycles. The van der Waals surface area contributed by atoms with E-state index >= 15 is 0 Å². The molecule has 0 saturated carbocycles. The molecule has 3 aromatic carbocycles. The van der Waals surface area contributed by atoms with Crippen molar-refractivity contribution in [1.82, 2.24) is 0 Å². The van der Waals surface area contributed by atoms with Crippen molar-refractivity contribution in [3.63, 3.8) is 0 Å². The second-order valence-electron chi connectivity index (χ2n) is 8.16. The Bertz CT molecular complexity index is 1500. The number of ether oxygens (including phenoxy) is 2. The number of aromatic carboxylic acids is 3. The van der Waals surface area contributed by atoms with Crippen LogP contribution >= 0.6 is 0 Å². The van der Waals surface area contributed by atoms with Crippen LogP contribution in [0.1, 0.15) is 70.6 Å². The van der Waals surface area contributed by atoms with Crippen LogP contribution in [-0.4, -0.2) is 49.4 Å². The summed E-state index contributed by atoms with van der Waals surface area (Å²) in [6.07, 6.45) is -0.199. The Morgan fingerprint density at radius 3 is 1.75 bits per heavy atom. The van der Waals surface area contributed by atoms with E-state index in [4.69, 9.17) is 9.47 Å². The van der Waals surface area contributed by atoms with Crippen molar-refractivity contribution >= 4 is 23.9 Å². The second-order valence-corrected chi connectivity index (χ2v) is 8.16. The van der Waals surface area contributed by atoms with E-state index in [-0.39, 0.29) is 46.1 Å². The average molecular weight is 492 g/mol. The van der Waals surface area contributed by atoms with E-state index in [1.807, 2.05) is 0 Å². The highest BCUT2D eigenvalue weighted by Gasteiger charge is 2.58. The van der Waals surface area contributed by atoms with E-state index in [1.165, 1.54) is 31.2 Å². The molecule has 0 unspecified atom stereocenters. The van der Waals surface area contributed by atoms with Crippen LogP contribution < -0.4 is 4.74 Å². The van der Waals surface area contributed by atoms with Crippen molar-refractivity contribution in [1.29, 1.82) is 0 Å². The molecular formula is C25H16O11. The van der Waals surface area contributed by atoms with Crippen molar-refractivity contribution in [2.24, 2.45) is 0 Å². The molecule has 11 heteroatoms. The first-order chi connectivity index (χ1) is 17.0. The topological polar surface area (TPSA) is 188 Å². The molecule has 0 saturated heterocycles. The third-order valence-electron chi connectivity index (χ3n) is 6.31. The average Bonchev–Trinajstić information content (AvgIpc) is 3.09. The van der Waals surface area contributed by atoms with Crippen LogP contribution in [0.2, 0.25) is 0 Å². The number of carbonyl (C=O) groups is 4. The van der Waals surface area contributed by atoms with E-state index in [1.54, 1.807) is 0 Å². The minimum Gasteiger partial charge on any atom is -0.508 e. The molecule has 3 aromatic rings. The lowest BCUT2D eigenvalue weighted by molar-refractivity contribution is 0.0216. The Morgan fingerprint density at radius 2 is 1.31 bits per heavy atom. The summed E-state index contributed by atoms with van der Waals surface area (Å²) in [5.74, 6) is -6.93. The summed E-state index contributed by atoms with van der Waals surface area (Å²) in [4.78, 5) is 50.7. The van der Waals surface area contributed by atoms with Gasteiger partial charge in [-0.25, -0.2) is 19.2 Å². The van der Waals surface area contributed by atoms with Crippen molar-refractivity contribution in [3.05, 3.63) is 80.9 Å². The van der Waals surface area contributed by atoms with E-state index in [0.29, 0.717) is 0 Å². The maximum Gasteiger partial charge on any atom is 0.341 e. The minimum atomic E-state index is -2.16. The molecule has 11 nitrogen and oxygen atoms in total. The summed E-state index contributed by atoms with van der Waals surface area (Å²) in [6, 6.07) is 7.35. The molecule has 2 aliphatic heterocycles. The first kappa shape index (κ1) is 22.7. The van der Waals surface area contributed by atoms with Crippen molar-refractivity contribution < 1.29 is 54.2 Å². The number of benzene rings is 3. The number of carbonyl (C=O) groups excluding carboxylic acids is 1. The predicted octanol–water partition coefficient (Wildman–Crippen LogP) is 3.32.